The first-order chi connectivity index (χ1) is 22.0. The summed E-state index contributed by atoms with van der Waals surface area (Å²) in [6, 6.07) is 0. The number of ether oxygens (including phenoxy) is 6. The van der Waals surface area contributed by atoms with Crippen molar-refractivity contribution in [2.24, 2.45) is 52.3 Å². The summed E-state index contributed by atoms with van der Waals surface area (Å²) >= 11 is 0. The third-order valence-corrected chi connectivity index (χ3v) is 13.2. The van der Waals surface area contributed by atoms with E-state index in [2.05, 4.69) is 27.7 Å². The van der Waals surface area contributed by atoms with Crippen LogP contribution in [0.1, 0.15) is 119 Å². The number of rotatable bonds is 18. The third-order valence-electron chi connectivity index (χ3n) is 13.2. The van der Waals surface area contributed by atoms with Gasteiger partial charge in [-0.1, -0.05) is 34.6 Å². The molecule has 4 aliphatic carbocycles. The molecule has 4 saturated carbocycles. The molecule has 9 unspecified atom stereocenters. The summed E-state index contributed by atoms with van der Waals surface area (Å²) in [5.41, 5.74) is 0.738. The number of methoxy groups -OCH3 is 1. The molecule has 0 heterocycles. The number of carbonyl (C=O) groups is 2. The number of carbonyl (C=O) groups excluding carboxylic acids is 2. The van der Waals surface area contributed by atoms with Crippen LogP contribution in [0, 0.1) is 52.3 Å². The fraction of sp³-hybridized carbons (Fsp3) is 0.947. The van der Waals surface area contributed by atoms with E-state index >= 15 is 0 Å². The quantitative estimate of drug-likeness (QED) is 0.0851. The summed E-state index contributed by atoms with van der Waals surface area (Å²) < 4.78 is 33.0. The van der Waals surface area contributed by atoms with Gasteiger partial charge in [0, 0.05) is 13.5 Å². The van der Waals surface area contributed by atoms with Crippen molar-refractivity contribution in [3.63, 3.8) is 0 Å². The molecule has 0 radical (unpaired) electrons. The van der Waals surface area contributed by atoms with E-state index in [4.69, 9.17) is 28.4 Å². The topological polar surface area (TPSA) is 89.5 Å². The third kappa shape index (κ3) is 9.06. The number of hydrogen-bond acceptors (Lipinski definition) is 8. The summed E-state index contributed by atoms with van der Waals surface area (Å²) in [6.45, 7) is 16.3. The fourth-order valence-electron chi connectivity index (χ4n) is 10.3. The van der Waals surface area contributed by atoms with Crippen LogP contribution >= 0.6 is 0 Å². The van der Waals surface area contributed by atoms with Gasteiger partial charge >= 0.3 is 11.9 Å². The van der Waals surface area contributed by atoms with E-state index < -0.39 is 6.29 Å². The Kier molecular flexibility index (Phi) is 14.3. The van der Waals surface area contributed by atoms with E-state index in [1.54, 1.807) is 14.0 Å². The minimum Gasteiger partial charge on any atom is -0.462 e. The smallest absolute Gasteiger partial charge is 0.308 e. The lowest BCUT2D eigenvalue weighted by Crippen LogP contribution is -2.54. The second-order valence-corrected chi connectivity index (χ2v) is 15.7. The maximum absolute atomic E-state index is 12.7. The lowest BCUT2D eigenvalue weighted by atomic mass is 9.44. The zero-order chi connectivity index (χ0) is 33.3. The van der Waals surface area contributed by atoms with Crippen molar-refractivity contribution in [3.8, 4) is 0 Å². The van der Waals surface area contributed by atoms with Gasteiger partial charge < -0.3 is 28.4 Å². The van der Waals surface area contributed by atoms with Gasteiger partial charge in [-0.05, 0) is 124 Å². The molecule has 0 N–H and O–H groups in total. The van der Waals surface area contributed by atoms with E-state index in [0.717, 1.165) is 43.4 Å². The molecule has 46 heavy (non-hydrogen) atoms. The van der Waals surface area contributed by atoms with Gasteiger partial charge in [-0.3, -0.25) is 9.59 Å². The van der Waals surface area contributed by atoms with Gasteiger partial charge in [0.05, 0.1) is 45.6 Å². The Balaban J connectivity index is 1.19. The average Bonchev–Trinajstić information content (AvgIpc) is 3.39. The van der Waals surface area contributed by atoms with Crippen molar-refractivity contribution < 1.29 is 38.0 Å². The summed E-state index contributed by atoms with van der Waals surface area (Å²) in [6.07, 6.45) is 12.8. The van der Waals surface area contributed by atoms with Crippen LogP contribution < -0.4 is 0 Å². The second-order valence-electron chi connectivity index (χ2n) is 15.7. The van der Waals surface area contributed by atoms with Crippen molar-refractivity contribution in [3.05, 3.63) is 0 Å². The van der Waals surface area contributed by atoms with E-state index in [1.807, 2.05) is 6.92 Å². The highest BCUT2D eigenvalue weighted by Crippen LogP contribution is 2.68. The maximum Gasteiger partial charge on any atom is 0.308 e. The Morgan fingerprint density at radius 3 is 2.20 bits per heavy atom. The predicted octanol–water partition coefficient (Wildman–Crippen LogP) is 7.60. The highest BCUT2D eigenvalue weighted by molar-refractivity contribution is 5.72. The zero-order valence-corrected chi connectivity index (χ0v) is 30.2. The van der Waals surface area contributed by atoms with Crippen molar-refractivity contribution in [2.45, 2.75) is 131 Å². The Hall–Kier alpha value is -1.22. The van der Waals surface area contributed by atoms with Crippen molar-refractivity contribution in [1.82, 2.24) is 0 Å². The largest absolute Gasteiger partial charge is 0.462 e. The van der Waals surface area contributed by atoms with Gasteiger partial charge in [0.25, 0.3) is 0 Å². The first kappa shape index (κ1) is 37.6. The fourth-order valence-corrected chi connectivity index (χ4v) is 10.3. The molecule has 0 aliphatic heterocycles. The van der Waals surface area contributed by atoms with Crippen LogP contribution in [0.3, 0.4) is 0 Å². The SMILES string of the molecule is CCC(C)C(=O)OC1CC[C@@]2(C)C(CCC3C4CCC(C(C)CCC(=O)OC(C)OCCOCCOCCOC)[C@@]4(C)CCC32)C1. The number of fused-ring (bicyclic) bond motifs is 5. The highest BCUT2D eigenvalue weighted by Gasteiger charge is 2.60. The summed E-state index contributed by atoms with van der Waals surface area (Å²) in [7, 11) is 1.65. The van der Waals surface area contributed by atoms with Crippen LogP contribution in [0.2, 0.25) is 0 Å². The van der Waals surface area contributed by atoms with Gasteiger partial charge in [0.2, 0.25) is 0 Å². The molecule has 8 heteroatoms. The molecule has 266 valence electrons. The van der Waals surface area contributed by atoms with Crippen molar-refractivity contribution >= 4 is 11.9 Å². The predicted molar refractivity (Wildman–Crippen MR) is 178 cm³/mol. The maximum atomic E-state index is 12.7. The Bertz CT molecular complexity index is 957. The van der Waals surface area contributed by atoms with Gasteiger partial charge in [-0.2, -0.15) is 0 Å². The molecule has 0 aromatic rings. The molecule has 0 aromatic carbocycles. The molecule has 0 saturated heterocycles. The second kappa shape index (κ2) is 17.4. The Morgan fingerprint density at radius 1 is 0.804 bits per heavy atom. The molecule has 0 bridgehead atoms. The van der Waals surface area contributed by atoms with Crippen LogP contribution in [-0.2, 0) is 38.0 Å². The number of esters is 2. The molecule has 4 fully saturated rings. The molecule has 11 atom stereocenters. The lowest BCUT2D eigenvalue weighted by Gasteiger charge is -2.61. The molecular formula is C38H66O8. The molecule has 0 amide bonds. The first-order valence-corrected chi connectivity index (χ1v) is 18.7. The van der Waals surface area contributed by atoms with Gasteiger partial charge in [-0.25, -0.2) is 0 Å². The monoisotopic (exact) mass is 650 g/mol. The molecule has 8 nitrogen and oxygen atoms in total. The van der Waals surface area contributed by atoms with E-state index in [-0.39, 0.29) is 24.0 Å². The van der Waals surface area contributed by atoms with Crippen LogP contribution in [0.15, 0.2) is 0 Å². The van der Waals surface area contributed by atoms with Crippen molar-refractivity contribution in [2.75, 3.05) is 46.8 Å². The standard InChI is InChI=1S/C38H66O8/c1-8-26(2)36(40)46-30-15-17-37(5)29(25-30)10-11-31-33-13-12-32(38(33,6)18-16-34(31)37)27(3)9-14-35(39)45-28(4)44-24-23-43-22-21-42-20-19-41-7/h26-34H,8-25H2,1-7H3/t26?,27?,28?,29?,30?,31?,32?,33?,34?,37-,38+/m0/s1. The summed E-state index contributed by atoms with van der Waals surface area (Å²) in [4.78, 5) is 25.2. The Labute approximate surface area is 279 Å². The van der Waals surface area contributed by atoms with Crippen LogP contribution in [0.5, 0.6) is 0 Å². The normalized spacial score (nSPS) is 35.7. The van der Waals surface area contributed by atoms with Crippen molar-refractivity contribution in [1.29, 1.82) is 0 Å². The summed E-state index contributed by atoms with van der Waals surface area (Å²) in [5.74, 6) is 4.05. The minimum absolute atomic E-state index is 0.000284. The lowest BCUT2D eigenvalue weighted by molar-refractivity contribution is -0.177. The Morgan fingerprint density at radius 2 is 1.48 bits per heavy atom. The highest BCUT2D eigenvalue weighted by atomic mass is 16.7. The number of hydrogen-bond donors (Lipinski definition) is 0. The molecule has 0 aromatic heterocycles. The average molecular weight is 651 g/mol. The molecule has 4 rings (SSSR count). The zero-order valence-electron chi connectivity index (χ0n) is 30.2. The minimum atomic E-state index is -0.577. The van der Waals surface area contributed by atoms with Gasteiger partial charge in [0.15, 0.2) is 6.29 Å². The van der Waals surface area contributed by atoms with E-state index in [0.29, 0.717) is 74.6 Å². The van der Waals surface area contributed by atoms with Crippen LogP contribution in [0.25, 0.3) is 0 Å². The van der Waals surface area contributed by atoms with Gasteiger partial charge in [0.1, 0.15) is 6.10 Å². The van der Waals surface area contributed by atoms with Gasteiger partial charge in [-0.15, -0.1) is 0 Å². The van der Waals surface area contributed by atoms with E-state index in [9.17, 15) is 9.59 Å². The molecule has 0 spiro atoms. The molecule has 4 aliphatic rings. The summed E-state index contributed by atoms with van der Waals surface area (Å²) in [5, 5.41) is 0. The van der Waals surface area contributed by atoms with Crippen LogP contribution in [-0.4, -0.2) is 71.1 Å². The van der Waals surface area contributed by atoms with Crippen LogP contribution in [0.4, 0.5) is 0 Å². The van der Waals surface area contributed by atoms with E-state index in [1.165, 1.54) is 44.9 Å². The first-order valence-electron chi connectivity index (χ1n) is 18.7. The molecular weight excluding hydrogens is 584 g/mol.